The van der Waals surface area contributed by atoms with Gasteiger partial charge < -0.3 is 0 Å². The largest absolute Gasteiger partial charge is 0.255 e. The standard InChI is InChI=1S/C41H28N2/c1-27-16-17-28-18-19-31(25-33(28)23-27)41-36-13-4-2-11-34(36)40(35-12-3-5-14-37(35)41)30-10-8-9-29(24-30)32-20-21-39(43-26-32)38-15-6-7-22-42-38/h2-26H,1H3. The predicted molar refractivity (Wildman–Crippen MR) is 181 cm³/mol. The predicted octanol–water partition coefficient (Wildman–Crippen LogP) is 10.9. The van der Waals surface area contributed by atoms with E-state index in [1.807, 2.05) is 24.4 Å². The van der Waals surface area contributed by atoms with Gasteiger partial charge in [0.25, 0.3) is 0 Å². The summed E-state index contributed by atoms with van der Waals surface area (Å²) in [5.74, 6) is 0. The van der Waals surface area contributed by atoms with Crippen LogP contribution in [0.1, 0.15) is 5.56 Å². The molecule has 202 valence electrons. The van der Waals surface area contributed by atoms with Gasteiger partial charge in [-0.2, -0.15) is 0 Å². The van der Waals surface area contributed by atoms with Crippen LogP contribution in [0.5, 0.6) is 0 Å². The molecule has 0 bridgehead atoms. The van der Waals surface area contributed by atoms with Gasteiger partial charge in [0.05, 0.1) is 11.4 Å². The number of hydrogen-bond acceptors (Lipinski definition) is 2. The van der Waals surface area contributed by atoms with Crippen LogP contribution in [0, 0.1) is 6.92 Å². The molecule has 8 aromatic rings. The molecule has 0 atom stereocenters. The van der Waals surface area contributed by atoms with Crippen molar-refractivity contribution >= 4 is 32.3 Å². The summed E-state index contributed by atoms with van der Waals surface area (Å²) in [5, 5.41) is 7.55. The maximum atomic E-state index is 4.74. The highest BCUT2D eigenvalue weighted by molar-refractivity contribution is 6.21. The van der Waals surface area contributed by atoms with E-state index in [2.05, 4.69) is 133 Å². The molecular formula is C41H28N2. The molecule has 2 heteroatoms. The van der Waals surface area contributed by atoms with Crippen LogP contribution in [0.4, 0.5) is 0 Å². The summed E-state index contributed by atoms with van der Waals surface area (Å²) >= 11 is 0. The van der Waals surface area contributed by atoms with E-state index in [0.29, 0.717) is 0 Å². The summed E-state index contributed by atoms with van der Waals surface area (Å²) in [6, 6.07) is 50.1. The van der Waals surface area contributed by atoms with E-state index in [4.69, 9.17) is 4.98 Å². The van der Waals surface area contributed by atoms with Crippen LogP contribution in [0.15, 0.2) is 152 Å². The van der Waals surface area contributed by atoms with Crippen LogP contribution < -0.4 is 0 Å². The highest BCUT2D eigenvalue weighted by atomic mass is 14.8. The van der Waals surface area contributed by atoms with Crippen molar-refractivity contribution in [2.24, 2.45) is 0 Å². The second-order valence-corrected chi connectivity index (χ2v) is 11.1. The van der Waals surface area contributed by atoms with Gasteiger partial charge in [-0.05, 0) is 97.4 Å². The van der Waals surface area contributed by atoms with Crippen LogP contribution >= 0.6 is 0 Å². The van der Waals surface area contributed by atoms with E-state index in [0.717, 1.165) is 22.5 Å². The third-order valence-electron chi connectivity index (χ3n) is 8.39. The quantitative estimate of drug-likeness (QED) is 0.204. The van der Waals surface area contributed by atoms with E-state index >= 15 is 0 Å². The Hall–Kier alpha value is -5.60. The molecule has 8 rings (SSSR count). The molecule has 0 saturated carbocycles. The SMILES string of the molecule is Cc1ccc2ccc(-c3c4ccccc4c(-c4cccc(-c5ccc(-c6ccccn6)nc5)c4)c4ccccc34)cc2c1. The number of pyridine rings is 2. The minimum atomic E-state index is 0.872. The van der Waals surface area contributed by atoms with Crippen molar-refractivity contribution in [3.63, 3.8) is 0 Å². The van der Waals surface area contributed by atoms with Gasteiger partial charge in [0.1, 0.15) is 0 Å². The number of hydrogen-bond donors (Lipinski definition) is 0. The first-order valence-electron chi connectivity index (χ1n) is 14.7. The monoisotopic (exact) mass is 548 g/mol. The minimum absolute atomic E-state index is 0.872. The summed E-state index contributed by atoms with van der Waals surface area (Å²) in [4.78, 5) is 9.19. The fourth-order valence-corrected chi connectivity index (χ4v) is 6.36. The first-order chi connectivity index (χ1) is 21.2. The number of benzene rings is 6. The Morgan fingerprint density at radius 1 is 0.395 bits per heavy atom. The molecule has 0 saturated heterocycles. The Balaban J connectivity index is 1.32. The van der Waals surface area contributed by atoms with Crippen molar-refractivity contribution < 1.29 is 0 Å². The lowest BCUT2D eigenvalue weighted by molar-refractivity contribution is 1.25. The van der Waals surface area contributed by atoms with Gasteiger partial charge in [0.2, 0.25) is 0 Å². The van der Waals surface area contributed by atoms with E-state index in [-0.39, 0.29) is 0 Å². The summed E-state index contributed by atoms with van der Waals surface area (Å²) in [5.41, 5.74) is 10.2. The highest BCUT2D eigenvalue weighted by Gasteiger charge is 2.17. The number of aryl methyl sites for hydroxylation is 1. The Morgan fingerprint density at radius 2 is 1.00 bits per heavy atom. The lowest BCUT2D eigenvalue weighted by Crippen LogP contribution is -1.92. The fourth-order valence-electron chi connectivity index (χ4n) is 6.36. The molecule has 6 aromatic carbocycles. The average Bonchev–Trinajstić information content (AvgIpc) is 3.07. The first-order valence-corrected chi connectivity index (χ1v) is 14.7. The van der Waals surface area contributed by atoms with Gasteiger partial charge in [-0.3, -0.25) is 9.97 Å². The fraction of sp³-hybridized carbons (Fsp3) is 0.0244. The topological polar surface area (TPSA) is 25.8 Å². The zero-order valence-electron chi connectivity index (χ0n) is 23.8. The van der Waals surface area contributed by atoms with Crippen LogP contribution in [0.25, 0.3) is 77.1 Å². The van der Waals surface area contributed by atoms with Gasteiger partial charge in [0, 0.05) is 18.0 Å². The van der Waals surface area contributed by atoms with Gasteiger partial charge in [0.15, 0.2) is 0 Å². The first kappa shape index (κ1) is 25.1. The van der Waals surface area contributed by atoms with Crippen LogP contribution in [-0.2, 0) is 0 Å². The molecule has 0 spiro atoms. The third-order valence-corrected chi connectivity index (χ3v) is 8.39. The lowest BCUT2D eigenvalue weighted by atomic mass is 9.85. The molecule has 0 unspecified atom stereocenters. The van der Waals surface area contributed by atoms with Crippen LogP contribution in [0.2, 0.25) is 0 Å². The Bertz CT molecular complexity index is 2230. The van der Waals surface area contributed by atoms with Crippen LogP contribution in [-0.4, -0.2) is 9.97 Å². The zero-order valence-corrected chi connectivity index (χ0v) is 23.8. The minimum Gasteiger partial charge on any atom is -0.255 e. The summed E-state index contributed by atoms with van der Waals surface area (Å²) < 4.78 is 0. The van der Waals surface area contributed by atoms with Gasteiger partial charge in [-0.25, -0.2) is 0 Å². The maximum Gasteiger partial charge on any atom is 0.0886 e. The van der Waals surface area contributed by atoms with E-state index in [1.54, 1.807) is 6.20 Å². The van der Waals surface area contributed by atoms with Crippen molar-refractivity contribution in [2.75, 3.05) is 0 Å². The molecule has 2 nitrogen and oxygen atoms in total. The second kappa shape index (κ2) is 10.3. The summed E-state index contributed by atoms with van der Waals surface area (Å²) in [6.45, 7) is 2.16. The van der Waals surface area contributed by atoms with Gasteiger partial charge in [-0.1, -0.05) is 115 Å². The normalized spacial score (nSPS) is 11.4. The van der Waals surface area contributed by atoms with E-state index in [1.165, 1.54) is 60.1 Å². The number of aromatic nitrogens is 2. The second-order valence-electron chi connectivity index (χ2n) is 11.1. The zero-order chi connectivity index (χ0) is 28.8. The molecule has 0 aliphatic carbocycles. The van der Waals surface area contributed by atoms with Gasteiger partial charge >= 0.3 is 0 Å². The number of nitrogens with zero attached hydrogens (tertiary/aromatic N) is 2. The molecule has 0 aliphatic heterocycles. The van der Waals surface area contributed by atoms with Crippen molar-refractivity contribution in [1.82, 2.24) is 9.97 Å². The maximum absolute atomic E-state index is 4.74. The Kier molecular flexibility index (Phi) is 6.05. The number of rotatable bonds is 4. The molecule has 43 heavy (non-hydrogen) atoms. The van der Waals surface area contributed by atoms with Crippen molar-refractivity contribution in [3.05, 3.63) is 157 Å². The van der Waals surface area contributed by atoms with E-state index in [9.17, 15) is 0 Å². The third kappa shape index (κ3) is 4.45. The molecule has 0 radical (unpaired) electrons. The lowest BCUT2D eigenvalue weighted by Gasteiger charge is -2.18. The smallest absolute Gasteiger partial charge is 0.0886 e. The summed E-state index contributed by atoms with van der Waals surface area (Å²) in [7, 11) is 0. The van der Waals surface area contributed by atoms with Gasteiger partial charge in [-0.15, -0.1) is 0 Å². The Labute approximate surface area is 251 Å². The van der Waals surface area contributed by atoms with Crippen molar-refractivity contribution in [3.8, 4) is 44.8 Å². The molecule has 0 aliphatic rings. The van der Waals surface area contributed by atoms with Crippen LogP contribution in [0.3, 0.4) is 0 Å². The molecule has 0 fully saturated rings. The average molecular weight is 549 g/mol. The van der Waals surface area contributed by atoms with E-state index < -0.39 is 0 Å². The van der Waals surface area contributed by atoms with Crippen molar-refractivity contribution in [2.45, 2.75) is 6.92 Å². The Morgan fingerprint density at radius 3 is 1.65 bits per heavy atom. The highest BCUT2D eigenvalue weighted by Crippen LogP contribution is 2.44. The van der Waals surface area contributed by atoms with Crippen molar-refractivity contribution in [1.29, 1.82) is 0 Å². The molecular weight excluding hydrogens is 520 g/mol. The molecule has 0 amide bonds. The molecule has 2 heterocycles. The molecule has 0 N–H and O–H groups in total. The molecule has 2 aromatic heterocycles. The number of fused-ring (bicyclic) bond motifs is 3. The summed E-state index contributed by atoms with van der Waals surface area (Å²) in [6.07, 6.45) is 3.75.